The van der Waals surface area contributed by atoms with Crippen molar-refractivity contribution in [2.75, 3.05) is 13.6 Å². The van der Waals surface area contributed by atoms with Crippen molar-refractivity contribution in [2.24, 2.45) is 4.99 Å². The van der Waals surface area contributed by atoms with Crippen LogP contribution in [0.1, 0.15) is 11.1 Å². The van der Waals surface area contributed by atoms with E-state index in [-0.39, 0.29) is 29.0 Å². The molecule has 0 saturated heterocycles. The summed E-state index contributed by atoms with van der Waals surface area (Å²) in [6.07, 6.45) is 0.921. The van der Waals surface area contributed by atoms with Crippen LogP contribution < -0.4 is 10.6 Å². The van der Waals surface area contributed by atoms with Crippen molar-refractivity contribution in [2.45, 2.75) is 13.0 Å². The fourth-order valence-corrected chi connectivity index (χ4v) is 2.23. The zero-order valence-electron chi connectivity index (χ0n) is 12.9. The van der Waals surface area contributed by atoms with E-state index in [9.17, 15) is 4.39 Å². The second-order valence-corrected chi connectivity index (χ2v) is 5.24. The molecule has 0 aliphatic carbocycles. The van der Waals surface area contributed by atoms with Gasteiger partial charge in [-0.15, -0.1) is 24.0 Å². The van der Waals surface area contributed by atoms with Gasteiger partial charge in [0.2, 0.25) is 0 Å². The number of guanidine groups is 1. The van der Waals surface area contributed by atoms with Crippen molar-refractivity contribution in [1.29, 1.82) is 0 Å². The van der Waals surface area contributed by atoms with Gasteiger partial charge in [-0.25, -0.2) is 4.39 Å². The molecule has 6 heteroatoms. The topological polar surface area (TPSA) is 36.4 Å². The quantitative estimate of drug-likeness (QED) is 0.413. The predicted molar refractivity (Wildman–Crippen MR) is 105 cm³/mol. The molecule has 0 bridgehead atoms. The highest BCUT2D eigenvalue weighted by molar-refractivity contribution is 14.0. The van der Waals surface area contributed by atoms with Crippen LogP contribution in [-0.4, -0.2) is 19.6 Å². The molecule has 23 heavy (non-hydrogen) atoms. The lowest BCUT2D eigenvalue weighted by atomic mass is 10.1. The van der Waals surface area contributed by atoms with Crippen LogP contribution in [-0.2, 0) is 13.0 Å². The molecular formula is C17H20ClFIN3. The fraction of sp³-hybridized carbons (Fsp3) is 0.235. The van der Waals surface area contributed by atoms with Crippen LogP contribution in [0, 0.1) is 5.82 Å². The molecule has 0 atom stereocenters. The summed E-state index contributed by atoms with van der Waals surface area (Å²) < 4.78 is 13.1. The van der Waals surface area contributed by atoms with Crippen LogP contribution in [0.5, 0.6) is 0 Å². The number of benzene rings is 2. The van der Waals surface area contributed by atoms with Gasteiger partial charge in [-0.05, 0) is 29.7 Å². The lowest BCUT2D eigenvalue weighted by Crippen LogP contribution is -2.37. The average Bonchev–Trinajstić information content (AvgIpc) is 2.55. The lowest BCUT2D eigenvalue weighted by Gasteiger charge is -2.12. The van der Waals surface area contributed by atoms with Crippen molar-refractivity contribution in [1.82, 2.24) is 10.6 Å². The molecule has 0 unspecified atom stereocenters. The van der Waals surface area contributed by atoms with Crippen molar-refractivity contribution in [3.05, 3.63) is 70.5 Å². The summed E-state index contributed by atoms with van der Waals surface area (Å²) in [5, 5.41) is 6.55. The summed E-state index contributed by atoms with van der Waals surface area (Å²) >= 11 is 5.77. The standard InChI is InChI=1S/C17H19ClFN3.HI/c1-20-17(21-10-9-13-5-3-2-4-6-13)22-12-14-7-8-16(19)15(18)11-14;/h2-8,11H,9-10,12H2,1H3,(H2,20,21,22);1H. The van der Waals surface area contributed by atoms with Gasteiger partial charge in [0.1, 0.15) is 5.82 Å². The first kappa shape index (κ1) is 19.7. The van der Waals surface area contributed by atoms with E-state index in [1.807, 2.05) is 18.2 Å². The maximum Gasteiger partial charge on any atom is 0.191 e. The molecule has 0 fully saturated rings. The molecule has 0 aliphatic heterocycles. The fourth-order valence-electron chi connectivity index (χ4n) is 2.03. The normalized spacial score (nSPS) is 10.8. The Morgan fingerprint density at radius 3 is 2.48 bits per heavy atom. The van der Waals surface area contributed by atoms with E-state index in [4.69, 9.17) is 11.6 Å². The van der Waals surface area contributed by atoms with Crippen molar-refractivity contribution in [3.8, 4) is 0 Å². The SMILES string of the molecule is CN=C(NCCc1ccccc1)NCc1ccc(F)c(Cl)c1.I. The Kier molecular flexibility index (Phi) is 8.94. The number of nitrogens with zero attached hydrogens (tertiary/aromatic N) is 1. The molecule has 3 nitrogen and oxygen atoms in total. The summed E-state index contributed by atoms with van der Waals surface area (Å²) in [6.45, 7) is 1.32. The zero-order chi connectivity index (χ0) is 15.8. The lowest BCUT2D eigenvalue weighted by molar-refractivity contribution is 0.627. The Balaban J connectivity index is 0.00000264. The molecule has 0 amide bonds. The number of halogens is 3. The van der Waals surface area contributed by atoms with Crippen molar-refractivity contribution >= 4 is 41.5 Å². The van der Waals surface area contributed by atoms with E-state index in [0.717, 1.165) is 18.5 Å². The van der Waals surface area contributed by atoms with E-state index in [1.54, 1.807) is 19.2 Å². The molecule has 2 rings (SSSR count). The molecule has 0 aromatic heterocycles. The van der Waals surface area contributed by atoms with Crippen LogP contribution in [0.3, 0.4) is 0 Å². The average molecular weight is 448 g/mol. The maximum atomic E-state index is 13.1. The van der Waals surface area contributed by atoms with E-state index >= 15 is 0 Å². The molecule has 0 spiro atoms. The molecule has 0 heterocycles. The van der Waals surface area contributed by atoms with Gasteiger partial charge >= 0.3 is 0 Å². The highest BCUT2D eigenvalue weighted by atomic mass is 127. The van der Waals surface area contributed by atoms with Gasteiger partial charge in [-0.2, -0.15) is 0 Å². The summed E-state index contributed by atoms with van der Waals surface area (Å²) in [4.78, 5) is 4.16. The third kappa shape index (κ3) is 6.74. The van der Waals surface area contributed by atoms with Crippen LogP contribution in [0.25, 0.3) is 0 Å². The van der Waals surface area contributed by atoms with Gasteiger partial charge in [0, 0.05) is 20.1 Å². The Morgan fingerprint density at radius 2 is 1.83 bits per heavy atom. The number of aliphatic imine (C=N–C) groups is 1. The molecule has 2 aromatic carbocycles. The minimum absolute atomic E-state index is 0. The zero-order valence-corrected chi connectivity index (χ0v) is 15.9. The van der Waals surface area contributed by atoms with E-state index in [1.165, 1.54) is 11.6 Å². The van der Waals surface area contributed by atoms with Crippen molar-refractivity contribution in [3.63, 3.8) is 0 Å². The Hall–Kier alpha value is -1.34. The van der Waals surface area contributed by atoms with Crippen LogP contribution >= 0.6 is 35.6 Å². The van der Waals surface area contributed by atoms with Crippen LogP contribution in [0.15, 0.2) is 53.5 Å². The van der Waals surface area contributed by atoms with E-state index < -0.39 is 5.82 Å². The Labute approximate surface area is 158 Å². The van der Waals surface area contributed by atoms with Gasteiger partial charge in [0.25, 0.3) is 0 Å². The van der Waals surface area contributed by atoms with E-state index in [0.29, 0.717) is 12.5 Å². The Morgan fingerprint density at radius 1 is 1.09 bits per heavy atom. The molecule has 0 aliphatic rings. The summed E-state index contributed by atoms with van der Waals surface area (Å²) in [5.74, 6) is 0.298. The third-order valence-corrected chi connectivity index (χ3v) is 3.51. The molecule has 2 N–H and O–H groups in total. The van der Waals surface area contributed by atoms with Gasteiger partial charge in [-0.1, -0.05) is 48.0 Å². The first-order valence-electron chi connectivity index (χ1n) is 7.11. The van der Waals surface area contributed by atoms with Crippen molar-refractivity contribution < 1.29 is 4.39 Å². The molecule has 0 saturated carbocycles. The smallest absolute Gasteiger partial charge is 0.191 e. The second kappa shape index (κ2) is 10.4. The number of hydrogen-bond acceptors (Lipinski definition) is 1. The maximum absolute atomic E-state index is 13.1. The molecule has 2 aromatic rings. The minimum Gasteiger partial charge on any atom is -0.356 e. The van der Waals surface area contributed by atoms with Crippen LogP contribution in [0.4, 0.5) is 4.39 Å². The third-order valence-electron chi connectivity index (χ3n) is 3.22. The van der Waals surface area contributed by atoms with Crippen LogP contribution in [0.2, 0.25) is 5.02 Å². The minimum atomic E-state index is -0.407. The summed E-state index contributed by atoms with van der Waals surface area (Å²) in [7, 11) is 1.72. The van der Waals surface area contributed by atoms with Gasteiger partial charge < -0.3 is 10.6 Å². The number of nitrogens with one attached hydrogen (secondary N) is 2. The predicted octanol–water partition coefficient (Wildman–Crippen LogP) is 4.00. The largest absolute Gasteiger partial charge is 0.356 e. The first-order chi connectivity index (χ1) is 10.7. The van der Waals surface area contributed by atoms with Gasteiger partial charge in [0.15, 0.2) is 5.96 Å². The Bertz CT molecular complexity index is 635. The second-order valence-electron chi connectivity index (χ2n) is 4.84. The van der Waals surface area contributed by atoms with E-state index in [2.05, 4.69) is 27.8 Å². The monoisotopic (exact) mass is 447 g/mol. The van der Waals surface area contributed by atoms with Gasteiger partial charge in [-0.3, -0.25) is 4.99 Å². The summed E-state index contributed by atoms with van der Waals surface area (Å²) in [6, 6.07) is 14.9. The highest BCUT2D eigenvalue weighted by Gasteiger charge is 2.02. The molecule has 124 valence electrons. The highest BCUT2D eigenvalue weighted by Crippen LogP contribution is 2.15. The van der Waals surface area contributed by atoms with Gasteiger partial charge in [0.05, 0.1) is 5.02 Å². The first-order valence-corrected chi connectivity index (χ1v) is 7.49. The number of rotatable bonds is 5. The number of hydrogen-bond donors (Lipinski definition) is 2. The molecular weight excluding hydrogens is 428 g/mol. The molecule has 0 radical (unpaired) electrons. The summed E-state index contributed by atoms with van der Waals surface area (Å²) in [5.41, 5.74) is 2.17.